The Hall–Kier alpha value is -1.37. The van der Waals surface area contributed by atoms with Crippen LogP contribution >= 0.6 is 24.8 Å². The lowest BCUT2D eigenvalue weighted by atomic mass is 9.79. The Kier molecular flexibility index (Phi) is 9.50. The van der Waals surface area contributed by atoms with Gasteiger partial charge in [0.15, 0.2) is 0 Å². The maximum Gasteiger partial charge on any atom is 0.240 e. The molecule has 2 heterocycles. The van der Waals surface area contributed by atoms with E-state index in [0.717, 1.165) is 50.6 Å². The molecule has 3 rings (SSSR count). The SMILES string of the molecule is CNC(=O)C1(N2CCC[C@H]2C(=O)NCc2cccnc2)CCCCC1.Cl.Cl. The van der Waals surface area contributed by atoms with Crippen LogP contribution in [-0.4, -0.2) is 46.9 Å². The highest BCUT2D eigenvalue weighted by Gasteiger charge is 2.50. The van der Waals surface area contributed by atoms with Gasteiger partial charge in [0.05, 0.1) is 6.04 Å². The second-order valence-electron chi connectivity index (χ2n) is 7.10. The van der Waals surface area contributed by atoms with Crippen molar-refractivity contribution < 1.29 is 9.59 Å². The van der Waals surface area contributed by atoms with Crippen LogP contribution in [0.5, 0.6) is 0 Å². The average molecular weight is 417 g/mol. The van der Waals surface area contributed by atoms with Gasteiger partial charge in [-0.3, -0.25) is 19.5 Å². The van der Waals surface area contributed by atoms with Crippen LogP contribution in [0.4, 0.5) is 0 Å². The van der Waals surface area contributed by atoms with E-state index in [1.165, 1.54) is 6.42 Å². The van der Waals surface area contributed by atoms with Crippen molar-refractivity contribution in [3.05, 3.63) is 30.1 Å². The van der Waals surface area contributed by atoms with Crippen LogP contribution in [0.25, 0.3) is 0 Å². The van der Waals surface area contributed by atoms with Gasteiger partial charge < -0.3 is 10.6 Å². The van der Waals surface area contributed by atoms with Gasteiger partial charge in [-0.1, -0.05) is 25.3 Å². The summed E-state index contributed by atoms with van der Waals surface area (Å²) in [4.78, 5) is 31.8. The highest BCUT2D eigenvalue weighted by atomic mass is 35.5. The zero-order chi connectivity index (χ0) is 17.7. The topological polar surface area (TPSA) is 74.3 Å². The van der Waals surface area contributed by atoms with E-state index in [2.05, 4.69) is 20.5 Å². The molecule has 8 heteroatoms. The fourth-order valence-corrected chi connectivity index (χ4v) is 4.38. The minimum absolute atomic E-state index is 0. The van der Waals surface area contributed by atoms with Crippen LogP contribution < -0.4 is 10.6 Å². The molecule has 1 aliphatic carbocycles. The number of likely N-dealkylation sites (tertiary alicyclic amines) is 1. The second kappa shape index (κ2) is 10.8. The minimum atomic E-state index is -0.514. The standard InChI is InChI=1S/C19H28N4O2.2ClH/c1-20-18(25)19(9-3-2-4-10-19)23-12-6-8-16(23)17(24)22-14-15-7-5-11-21-13-15;;/h5,7,11,13,16H,2-4,6,8-10,12,14H2,1H3,(H,20,25)(H,22,24);2*1H/t16-;;/m0../s1. The van der Waals surface area contributed by atoms with Crippen molar-refractivity contribution in [2.75, 3.05) is 13.6 Å². The first-order valence-corrected chi connectivity index (χ1v) is 9.33. The Morgan fingerprint density at radius 1 is 1.22 bits per heavy atom. The third kappa shape index (κ3) is 5.12. The number of carbonyl (C=O) groups excluding carboxylic acids is 2. The van der Waals surface area contributed by atoms with Crippen LogP contribution in [0.3, 0.4) is 0 Å². The molecule has 0 radical (unpaired) electrons. The van der Waals surface area contributed by atoms with Gasteiger partial charge in [-0.25, -0.2) is 0 Å². The predicted molar refractivity (Wildman–Crippen MR) is 110 cm³/mol. The van der Waals surface area contributed by atoms with Crippen LogP contribution in [0.2, 0.25) is 0 Å². The minimum Gasteiger partial charge on any atom is -0.358 e. The quantitative estimate of drug-likeness (QED) is 0.772. The lowest BCUT2D eigenvalue weighted by Crippen LogP contribution is -2.62. The first kappa shape index (κ1) is 23.7. The van der Waals surface area contributed by atoms with Crippen molar-refractivity contribution in [2.45, 2.75) is 63.1 Å². The lowest BCUT2D eigenvalue weighted by molar-refractivity contribution is -0.140. The third-order valence-corrected chi connectivity index (χ3v) is 5.63. The third-order valence-electron chi connectivity index (χ3n) is 5.63. The number of halogens is 2. The highest BCUT2D eigenvalue weighted by molar-refractivity contribution is 5.88. The van der Waals surface area contributed by atoms with Gasteiger partial charge >= 0.3 is 0 Å². The van der Waals surface area contributed by atoms with E-state index in [0.29, 0.717) is 6.54 Å². The number of hydrogen-bond acceptors (Lipinski definition) is 4. The highest BCUT2D eigenvalue weighted by Crippen LogP contribution is 2.38. The monoisotopic (exact) mass is 416 g/mol. The Morgan fingerprint density at radius 3 is 2.59 bits per heavy atom. The summed E-state index contributed by atoms with van der Waals surface area (Å²) in [5, 5.41) is 5.88. The van der Waals surface area contributed by atoms with Gasteiger partial charge in [-0.15, -0.1) is 24.8 Å². The molecule has 27 heavy (non-hydrogen) atoms. The molecule has 2 N–H and O–H groups in total. The molecule has 1 aliphatic heterocycles. The Bertz CT molecular complexity index is 609. The van der Waals surface area contributed by atoms with Crippen LogP contribution in [0, 0.1) is 0 Å². The molecule has 1 saturated heterocycles. The van der Waals surface area contributed by atoms with Crippen molar-refractivity contribution in [1.82, 2.24) is 20.5 Å². The van der Waals surface area contributed by atoms with Gasteiger partial charge in [0.1, 0.15) is 5.54 Å². The average Bonchev–Trinajstić information content (AvgIpc) is 3.17. The van der Waals surface area contributed by atoms with Gasteiger partial charge in [-0.05, 0) is 37.3 Å². The first-order chi connectivity index (χ1) is 12.2. The van der Waals surface area contributed by atoms with Crippen LogP contribution in [-0.2, 0) is 16.1 Å². The zero-order valence-electron chi connectivity index (χ0n) is 15.8. The smallest absolute Gasteiger partial charge is 0.240 e. The van der Waals surface area contributed by atoms with E-state index in [-0.39, 0.29) is 42.7 Å². The number of pyridine rings is 1. The molecule has 1 aromatic heterocycles. The van der Waals surface area contributed by atoms with Gasteiger partial charge in [-0.2, -0.15) is 0 Å². The Labute approximate surface area is 173 Å². The molecule has 0 spiro atoms. The fourth-order valence-electron chi connectivity index (χ4n) is 4.38. The summed E-state index contributed by atoms with van der Waals surface area (Å²) in [6, 6.07) is 3.60. The molecule has 2 amide bonds. The number of nitrogens with zero attached hydrogens (tertiary/aromatic N) is 2. The lowest BCUT2D eigenvalue weighted by Gasteiger charge is -2.45. The molecule has 152 valence electrons. The maximum absolute atomic E-state index is 12.8. The first-order valence-electron chi connectivity index (χ1n) is 9.33. The van der Waals surface area contributed by atoms with E-state index in [1.54, 1.807) is 19.4 Å². The Balaban J connectivity index is 0.00000182. The molecule has 1 aromatic rings. The second-order valence-corrected chi connectivity index (χ2v) is 7.10. The number of nitrogens with one attached hydrogen (secondary N) is 2. The largest absolute Gasteiger partial charge is 0.358 e. The zero-order valence-corrected chi connectivity index (χ0v) is 17.4. The number of rotatable bonds is 5. The summed E-state index contributed by atoms with van der Waals surface area (Å²) in [7, 11) is 1.70. The van der Waals surface area contributed by atoms with Crippen molar-refractivity contribution in [1.29, 1.82) is 0 Å². The molecule has 1 atom stereocenters. The van der Waals surface area contributed by atoms with Gasteiger partial charge in [0.25, 0.3) is 0 Å². The Morgan fingerprint density at radius 2 is 1.96 bits per heavy atom. The summed E-state index contributed by atoms with van der Waals surface area (Å²) in [5.74, 6) is 0.0920. The van der Waals surface area contributed by atoms with E-state index in [1.807, 2.05) is 12.1 Å². The fraction of sp³-hybridized carbons (Fsp3) is 0.632. The summed E-state index contributed by atoms with van der Waals surface area (Å²) in [6.07, 6.45) is 10.2. The van der Waals surface area contributed by atoms with Crippen LogP contribution in [0.15, 0.2) is 24.5 Å². The summed E-state index contributed by atoms with van der Waals surface area (Å²) in [6.45, 7) is 1.29. The predicted octanol–water partition coefficient (Wildman–Crippen LogP) is 2.45. The van der Waals surface area contributed by atoms with E-state index < -0.39 is 5.54 Å². The number of amides is 2. The molecule has 1 saturated carbocycles. The maximum atomic E-state index is 12.8. The molecular weight excluding hydrogens is 387 g/mol. The van der Waals surface area contributed by atoms with Gasteiger partial charge in [0, 0.05) is 32.5 Å². The van der Waals surface area contributed by atoms with E-state index in [9.17, 15) is 9.59 Å². The molecule has 0 unspecified atom stereocenters. The van der Waals surface area contributed by atoms with Crippen molar-refractivity contribution in [3.8, 4) is 0 Å². The number of carbonyl (C=O) groups is 2. The number of likely N-dealkylation sites (N-methyl/N-ethyl adjacent to an activating group) is 1. The van der Waals surface area contributed by atoms with E-state index >= 15 is 0 Å². The molecular formula is C19H30Cl2N4O2. The molecule has 0 aromatic carbocycles. The van der Waals surface area contributed by atoms with Crippen molar-refractivity contribution in [3.63, 3.8) is 0 Å². The van der Waals surface area contributed by atoms with Crippen molar-refractivity contribution in [2.24, 2.45) is 0 Å². The number of hydrogen-bond donors (Lipinski definition) is 2. The molecule has 2 fully saturated rings. The van der Waals surface area contributed by atoms with Crippen LogP contribution in [0.1, 0.15) is 50.5 Å². The molecule has 2 aliphatic rings. The molecule has 6 nitrogen and oxygen atoms in total. The van der Waals surface area contributed by atoms with Crippen molar-refractivity contribution >= 4 is 36.6 Å². The summed E-state index contributed by atoms with van der Waals surface area (Å²) in [5.41, 5.74) is 0.471. The van der Waals surface area contributed by atoms with E-state index in [4.69, 9.17) is 0 Å². The summed E-state index contributed by atoms with van der Waals surface area (Å²) >= 11 is 0. The van der Waals surface area contributed by atoms with Gasteiger partial charge in [0.2, 0.25) is 11.8 Å². The number of aromatic nitrogens is 1. The normalized spacial score (nSPS) is 21.4. The molecule has 0 bridgehead atoms. The summed E-state index contributed by atoms with van der Waals surface area (Å²) < 4.78 is 0.